The summed E-state index contributed by atoms with van der Waals surface area (Å²) in [6.07, 6.45) is -4.34. The number of hydrogen-bond acceptors (Lipinski definition) is 1. The molecule has 0 bridgehead atoms. The summed E-state index contributed by atoms with van der Waals surface area (Å²) in [5, 5.41) is 0. The third-order valence-corrected chi connectivity index (χ3v) is 3.31. The van der Waals surface area contributed by atoms with Crippen LogP contribution in [0.5, 0.6) is 0 Å². The van der Waals surface area contributed by atoms with Gasteiger partial charge in [0, 0.05) is 10.5 Å². The number of benzene rings is 1. The Bertz CT molecular complexity index is 407. The molecular weight excluding hydrogens is 295 g/mol. The van der Waals surface area contributed by atoms with Crippen LogP contribution in [0.1, 0.15) is 37.9 Å². The molecule has 0 aliphatic carbocycles. The summed E-state index contributed by atoms with van der Waals surface area (Å²) in [5.74, 6) is 0. The first kappa shape index (κ1) is 14.5. The van der Waals surface area contributed by atoms with E-state index in [4.69, 9.17) is 5.73 Å². The van der Waals surface area contributed by atoms with Crippen molar-refractivity contribution >= 4 is 15.9 Å². The summed E-state index contributed by atoms with van der Waals surface area (Å²) < 4.78 is 38.4. The summed E-state index contributed by atoms with van der Waals surface area (Å²) in [4.78, 5) is 0. The number of halogens is 4. The Morgan fingerprint density at radius 3 is 2.12 bits per heavy atom. The maximum atomic E-state index is 12.6. The standard InChI is InChI=1S/C12H15BrF3N/c1-11(2,3)10(17)8-6-7(12(14,15)16)4-5-9(8)13/h4-6,10H,17H2,1-3H3. The van der Waals surface area contributed by atoms with Crippen molar-refractivity contribution in [3.8, 4) is 0 Å². The van der Waals surface area contributed by atoms with Crippen LogP contribution < -0.4 is 5.73 Å². The monoisotopic (exact) mass is 309 g/mol. The van der Waals surface area contributed by atoms with E-state index in [1.807, 2.05) is 20.8 Å². The minimum Gasteiger partial charge on any atom is -0.323 e. The van der Waals surface area contributed by atoms with E-state index >= 15 is 0 Å². The molecule has 0 aliphatic rings. The molecule has 0 saturated heterocycles. The molecule has 2 N–H and O–H groups in total. The quantitative estimate of drug-likeness (QED) is 0.811. The fourth-order valence-electron chi connectivity index (χ4n) is 1.42. The molecule has 0 fully saturated rings. The molecule has 1 nitrogen and oxygen atoms in total. The van der Waals surface area contributed by atoms with Gasteiger partial charge in [-0.25, -0.2) is 0 Å². The molecule has 0 amide bonds. The molecular formula is C12H15BrF3N. The Balaban J connectivity index is 3.25. The van der Waals surface area contributed by atoms with Gasteiger partial charge >= 0.3 is 6.18 Å². The van der Waals surface area contributed by atoms with Gasteiger partial charge in [0.1, 0.15) is 0 Å². The van der Waals surface area contributed by atoms with E-state index in [1.165, 1.54) is 6.07 Å². The van der Waals surface area contributed by atoms with Crippen molar-refractivity contribution in [1.82, 2.24) is 0 Å². The molecule has 1 aromatic rings. The molecule has 0 heterocycles. The smallest absolute Gasteiger partial charge is 0.323 e. The topological polar surface area (TPSA) is 26.0 Å². The Hall–Kier alpha value is -0.550. The van der Waals surface area contributed by atoms with Crippen LogP contribution in [-0.4, -0.2) is 0 Å². The van der Waals surface area contributed by atoms with Crippen molar-refractivity contribution in [2.45, 2.75) is 33.0 Å². The number of hydrogen-bond donors (Lipinski definition) is 1. The van der Waals surface area contributed by atoms with Crippen LogP contribution in [0.25, 0.3) is 0 Å². The minimum atomic E-state index is -4.34. The Labute approximate surface area is 107 Å². The van der Waals surface area contributed by atoms with Crippen LogP contribution in [0.3, 0.4) is 0 Å². The van der Waals surface area contributed by atoms with Gasteiger partial charge < -0.3 is 5.73 Å². The molecule has 0 aliphatic heterocycles. The zero-order chi connectivity index (χ0) is 13.4. The first-order chi connectivity index (χ1) is 7.53. The number of alkyl halides is 3. The number of nitrogens with two attached hydrogens (primary N) is 1. The highest BCUT2D eigenvalue weighted by atomic mass is 79.9. The van der Waals surface area contributed by atoms with Gasteiger partial charge in [-0.15, -0.1) is 0 Å². The van der Waals surface area contributed by atoms with Gasteiger partial charge in [0.05, 0.1) is 5.56 Å². The maximum absolute atomic E-state index is 12.6. The van der Waals surface area contributed by atoms with Crippen molar-refractivity contribution in [1.29, 1.82) is 0 Å². The van der Waals surface area contributed by atoms with Gasteiger partial charge in [-0.3, -0.25) is 0 Å². The van der Waals surface area contributed by atoms with E-state index in [0.717, 1.165) is 12.1 Å². The molecule has 1 rings (SSSR count). The van der Waals surface area contributed by atoms with E-state index in [2.05, 4.69) is 15.9 Å². The van der Waals surface area contributed by atoms with Gasteiger partial charge in [-0.05, 0) is 29.2 Å². The second-order valence-corrected chi connectivity index (χ2v) is 5.93. The molecule has 1 unspecified atom stereocenters. The molecule has 0 radical (unpaired) electrons. The molecule has 17 heavy (non-hydrogen) atoms. The SMILES string of the molecule is CC(C)(C)C(N)c1cc(C(F)(F)F)ccc1Br. The molecule has 0 aromatic heterocycles. The summed E-state index contributed by atoms with van der Waals surface area (Å²) in [7, 11) is 0. The lowest BCUT2D eigenvalue weighted by Gasteiger charge is -2.28. The summed E-state index contributed by atoms with van der Waals surface area (Å²) in [6, 6.07) is 3.09. The predicted molar refractivity (Wildman–Crippen MR) is 65.5 cm³/mol. The highest BCUT2D eigenvalue weighted by molar-refractivity contribution is 9.10. The van der Waals surface area contributed by atoms with Gasteiger partial charge in [0.15, 0.2) is 0 Å². The fourth-order valence-corrected chi connectivity index (χ4v) is 1.92. The zero-order valence-corrected chi connectivity index (χ0v) is 11.5. The number of rotatable bonds is 1. The lowest BCUT2D eigenvalue weighted by atomic mass is 9.82. The van der Waals surface area contributed by atoms with E-state index in [-0.39, 0.29) is 5.41 Å². The van der Waals surface area contributed by atoms with Crippen molar-refractivity contribution < 1.29 is 13.2 Å². The van der Waals surface area contributed by atoms with Crippen molar-refractivity contribution in [3.63, 3.8) is 0 Å². The highest BCUT2D eigenvalue weighted by Crippen LogP contribution is 2.38. The second-order valence-electron chi connectivity index (χ2n) is 5.08. The normalized spacial score (nSPS) is 14.8. The summed E-state index contributed by atoms with van der Waals surface area (Å²) in [5.41, 5.74) is 5.50. The summed E-state index contributed by atoms with van der Waals surface area (Å²) >= 11 is 3.24. The third-order valence-electron chi connectivity index (χ3n) is 2.59. The van der Waals surface area contributed by atoms with E-state index in [9.17, 15) is 13.2 Å². The first-order valence-corrected chi connectivity index (χ1v) is 5.95. The average molecular weight is 310 g/mol. The van der Waals surface area contributed by atoms with Crippen LogP contribution in [-0.2, 0) is 6.18 Å². The van der Waals surface area contributed by atoms with Crippen molar-refractivity contribution in [2.24, 2.45) is 11.1 Å². The summed E-state index contributed by atoms with van der Waals surface area (Å²) in [6.45, 7) is 5.68. The molecule has 1 atom stereocenters. The fraction of sp³-hybridized carbons (Fsp3) is 0.500. The average Bonchev–Trinajstić information content (AvgIpc) is 2.14. The van der Waals surface area contributed by atoms with Crippen molar-refractivity contribution in [2.75, 3.05) is 0 Å². The Morgan fingerprint density at radius 1 is 1.18 bits per heavy atom. The van der Waals surface area contributed by atoms with Crippen molar-refractivity contribution in [3.05, 3.63) is 33.8 Å². The Morgan fingerprint density at radius 2 is 1.71 bits per heavy atom. The highest BCUT2D eigenvalue weighted by Gasteiger charge is 2.32. The zero-order valence-electron chi connectivity index (χ0n) is 9.90. The molecule has 5 heteroatoms. The van der Waals surface area contributed by atoms with Crippen LogP contribution in [0.2, 0.25) is 0 Å². The lowest BCUT2D eigenvalue weighted by molar-refractivity contribution is -0.137. The van der Waals surface area contributed by atoms with E-state index < -0.39 is 17.8 Å². The van der Waals surface area contributed by atoms with Crippen LogP contribution in [0, 0.1) is 5.41 Å². The largest absolute Gasteiger partial charge is 0.416 e. The molecule has 0 saturated carbocycles. The second kappa shape index (κ2) is 4.61. The van der Waals surface area contributed by atoms with Gasteiger partial charge in [-0.2, -0.15) is 13.2 Å². The Kier molecular flexibility index (Phi) is 3.94. The van der Waals surface area contributed by atoms with E-state index in [1.54, 1.807) is 0 Å². The third kappa shape index (κ3) is 3.45. The molecule has 0 spiro atoms. The van der Waals surface area contributed by atoms with Crippen LogP contribution in [0.15, 0.2) is 22.7 Å². The van der Waals surface area contributed by atoms with Gasteiger partial charge in [-0.1, -0.05) is 36.7 Å². The van der Waals surface area contributed by atoms with E-state index in [0.29, 0.717) is 10.0 Å². The predicted octanol–water partition coefficient (Wildman–Crippen LogP) is 4.51. The van der Waals surface area contributed by atoms with Crippen LogP contribution >= 0.6 is 15.9 Å². The minimum absolute atomic E-state index is 0.299. The first-order valence-electron chi connectivity index (χ1n) is 5.15. The molecule has 96 valence electrons. The van der Waals surface area contributed by atoms with Gasteiger partial charge in [0.25, 0.3) is 0 Å². The lowest BCUT2D eigenvalue weighted by Crippen LogP contribution is -2.27. The van der Waals surface area contributed by atoms with Crippen LogP contribution in [0.4, 0.5) is 13.2 Å². The molecule has 1 aromatic carbocycles. The maximum Gasteiger partial charge on any atom is 0.416 e. The van der Waals surface area contributed by atoms with Gasteiger partial charge in [0.2, 0.25) is 0 Å².